The summed E-state index contributed by atoms with van der Waals surface area (Å²) in [6, 6.07) is 0. The number of rotatable bonds is 53. The van der Waals surface area contributed by atoms with Crippen LogP contribution in [0.5, 0.6) is 0 Å². The van der Waals surface area contributed by atoms with Gasteiger partial charge in [-0.2, -0.15) is 0 Å². The van der Waals surface area contributed by atoms with E-state index in [1.54, 1.807) is 0 Å². The van der Waals surface area contributed by atoms with E-state index in [0.717, 1.165) is 38.5 Å². The lowest BCUT2D eigenvalue weighted by molar-refractivity contribution is -0.870. The molecule has 0 rings (SSSR count). The quantitative estimate of drug-likeness (QED) is 0.0213. The van der Waals surface area contributed by atoms with Gasteiger partial charge in [-0.1, -0.05) is 244 Å². The molecule has 0 aliphatic heterocycles. The van der Waals surface area contributed by atoms with Crippen molar-refractivity contribution < 1.29 is 37.3 Å². The highest BCUT2D eigenvalue weighted by atomic mass is 31.2. The van der Waals surface area contributed by atoms with Crippen molar-refractivity contribution in [1.82, 2.24) is 0 Å². The molecule has 0 radical (unpaired) electrons. The number of phosphoric acid groups is 1. The Balaban J connectivity index is 4.05. The number of phosphoric ester groups is 1. The molecule has 0 aliphatic carbocycles. The third kappa shape index (κ3) is 53.8. The van der Waals surface area contributed by atoms with Crippen molar-refractivity contribution in [3.63, 3.8) is 0 Å². The first-order valence-electron chi connectivity index (χ1n) is 28.1. The van der Waals surface area contributed by atoms with Crippen molar-refractivity contribution >= 4 is 13.8 Å². The SMILES string of the molecule is CCCCCC/C=C\C/C=C\CCCCCCCCCCOCC(COP(=O)(O)OCC[N+](C)(C)C)OC(=O)CCCCCCCCCCCCCCCCCCCCCCCCCC. The number of carbonyl (C=O) groups is 1. The molecule has 65 heavy (non-hydrogen) atoms. The molecule has 2 unspecified atom stereocenters. The first kappa shape index (κ1) is 64.0. The van der Waals surface area contributed by atoms with Gasteiger partial charge in [-0.15, -0.1) is 0 Å². The highest BCUT2D eigenvalue weighted by Crippen LogP contribution is 2.43. The second-order valence-corrected chi connectivity index (χ2v) is 21.8. The van der Waals surface area contributed by atoms with E-state index in [1.165, 1.54) is 212 Å². The van der Waals surface area contributed by atoms with Crippen molar-refractivity contribution in [2.24, 2.45) is 0 Å². The molecule has 0 aromatic heterocycles. The fourth-order valence-electron chi connectivity index (χ4n) is 8.17. The van der Waals surface area contributed by atoms with Gasteiger partial charge in [0.25, 0.3) is 0 Å². The molecule has 0 aliphatic rings. The van der Waals surface area contributed by atoms with E-state index in [2.05, 4.69) is 38.2 Å². The zero-order valence-corrected chi connectivity index (χ0v) is 44.9. The minimum Gasteiger partial charge on any atom is -0.457 e. The second kappa shape index (κ2) is 49.4. The van der Waals surface area contributed by atoms with E-state index in [0.29, 0.717) is 24.1 Å². The highest BCUT2D eigenvalue weighted by Gasteiger charge is 2.26. The molecule has 8 nitrogen and oxygen atoms in total. The second-order valence-electron chi connectivity index (χ2n) is 20.3. The Morgan fingerprint density at radius 2 is 0.846 bits per heavy atom. The van der Waals surface area contributed by atoms with Crippen LogP contribution in [0.1, 0.15) is 271 Å². The monoisotopic (exact) mass is 941 g/mol. The molecule has 0 fully saturated rings. The maximum Gasteiger partial charge on any atom is 0.472 e. The van der Waals surface area contributed by atoms with Gasteiger partial charge in [-0.25, -0.2) is 4.57 Å². The average molecular weight is 941 g/mol. The summed E-state index contributed by atoms with van der Waals surface area (Å²) in [6.07, 6.45) is 59.5. The van der Waals surface area contributed by atoms with Crippen LogP contribution in [-0.4, -0.2) is 75.6 Å². The number of hydrogen-bond acceptors (Lipinski definition) is 6. The molecule has 0 bridgehead atoms. The lowest BCUT2D eigenvalue weighted by atomic mass is 10.0. The van der Waals surface area contributed by atoms with E-state index in [1.807, 2.05) is 21.1 Å². The van der Waals surface area contributed by atoms with Crippen LogP contribution in [0.2, 0.25) is 0 Å². The van der Waals surface area contributed by atoms with Crippen molar-refractivity contribution in [2.75, 3.05) is 54.1 Å². The summed E-state index contributed by atoms with van der Waals surface area (Å²) in [5, 5.41) is 0. The number of hydrogen-bond donors (Lipinski definition) is 1. The Bertz CT molecular complexity index is 1090. The summed E-state index contributed by atoms with van der Waals surface area (Å²) in [5.74, 6) is -0.309. The van der Waals surface area contributed by atoms with Crippen LogP contribution in [-0.2, 0) is 27.9 Å². The highest BCUT2D eigenvalue weighted by molar-refractivity contribution is 7.47. The van der Waals surface area contributed by atoms with Gasteiger partial charge in [0.05, 0.1) is 34.4 Å². The fraction of sp³-hybridized carbons (Fsp3) is 0.911. The van der Waals surface area contributed by atoms with Gasteiger partial charge in [0.1, 0.15) is 19.3 Å². The zero-order valence-electron chi connectivity index (χ0n) is 44.0. The number of nitrogens with zero attached hydrogens (tertiary/aromatic N) is 1. The molecule has 0 aromatic rings. The number of carbonyl (C=O) groups excluding carboxylic acids is 1. The Labute approximate surface area is 404 Å². The van der Waals surface area contributed by atoms with E-state index in [4.69, 9.17) is 18.5 Å². The first-order chi connectivity index (χ1) is 31.6. The molecule has 9 heteroatoms. The summed E-state index contributed by atoms with van der Waals surface area (Å²) in [4.78, 5) is 23.1. The van der Waals surface area contributed by atoms with E-state index in [-0.39, 0.29) is 25.8 Å². The third-order valence-corrected chi connectivity index (χ3v) is 13.5. The normalized spacial score (nSPS) is 13.6. The number of ether oxygens (including phenoxy) is 2. The summed E-state index contributed by atoms with van der Waals surface area (Å²) in [6.45, 7) is 5.65. The van der Waals surface area contributed by atoms with Crippen LogP contribution < -0.4 is 0 Å². The van der Waals surface area contributed by atoms with E-state index in [9.17, 15) is 14.3 Å². The van der Waals surface area contributed by atoms with Gasteiger partial charge >= 0.3 is 13.8 Å². The van der Waals surface area contributed by atoms with Crippen molar-refractivity contribution in [3.05, 3.63) is 24.3 Å². The Morgan fingerprint density at radius 1 is 0.477 bits per heavy atom. The Hall–Kier alpha value is -1.02. The topological polar surface area (TPSA) is 91.3 Å². The van der Waals surface area contributed by atoms with Gasteiger partial charge in [0.2, 0.25) is 0 Å². The van der Waals surface area contributed by atoms with E-state index >= 15 is 0 Å². The average Bonchev–Trinajstić information content (AvgIpc) is 3.27. The molecule has 1 N–H and O–H groups in total. The van der Waals surface area contributed by atoms with Crippen LogP contribution in [0.25, 0.3) is 0 Å². The summed E-state index contributed by atoms with van der Waals surface area (Å²) >= 11 is 0. The summed E-state index contributed by atoms with van der Waals surface area (Å²) in [7, 11) is 1.68. The standard InChI is InChI=1S/C56H110NO7P/c1-6-8-10-12-14-16-18-20-22-24-26-27-28-29-30-31-33-35-37-39-41-43-45-47-49-56(58)64-55(54-63-65(59,60)62-52-50-57(3,4)5)53-61-51-48-46-44-42-40-38-36-34-32-25-23-21-19-17-15-13-11-9-7-2/h17,19,23,25,55H,6-16,18,20-22,24,26-54H2,1-5H3/p+1/b19-17-,25-23-. The largest absolute Gasteiger partial charge is 0.472 e. The lowest BCUT2D eigenvalue weighted by Crippen LogP contribution is -2.37. The van der Waals surface area contributed by atoms with Gasteiger partial charge in [-0.05, 0) is 44.9 Å². The molecule has 0 saturated heterocycles. The number of allylic oxidation sites excluding steroid dienone is 4. The predicted octanol–water partition coefficient (Wildman–Crippen LogP) is 17.5. The molecular weight excluding hydrogens is 830 g/mol. The van der Waals surface area contributed by atoms with Crippen LogP contribution in [0.3, 0.4) is 0 Å². The molecule has 386 valence electrons. The lowest BCUT2D eigenvalue weighted by Gasteiger charge is -2.24. The minimum absolute atomic E-state index is 0.0898. The first-order valence-corrected chi connectivity index (χ1v) is 29.6. The van der Waals surface area contributed by atoms with Crippen LogP contribution >= 0.6 is 7.82 Å². The van der Waals surface area contributed by atoms with Gasteiger partial charge in [-0.3, -0.25) is 13.8 Å². The molecule has 0 aromatic carbocycles. The minimum atomic E-state index is -4.28. The summed E-state index contributed by atoms with van der Waals surface area (Å²) < 4.78 is 35.2. The van der Waals surface area contributed by atoms with Crippen molar-refractivity contribution in [3.8, 4) is 0 Å². The maximum absolute atomic E-state index is 12.8. The van der Waals surface area contributed by atoms with Gasteiger partial charge < -0.3 is 18.9 Å². The summed E-state index contributed by atoms with van der Waals surface area (Å²) in [5.41, 5.74) is 0. The van der Waals surface area contributed by atoms with Crippen LogP contribution in [0.4, 0.5) is 0 Å². The molecule has 0 spiro atoms. The molecule has 0 saturated carbocycles. The zero-order chi connectivity index (χ0) is 47.6. The molecular formula is C56H111NO7P+. The smallest absolute Gasteiger partial charge is 0.457 e. The Kier molecular flexibility index (Phi) is 48.6. The molecule has 0 amide bonds. The molecule has 0 heterocycles. The maximum atomic E-state index is 12.8. The third-order valence-electron chi connectivity index (χ3n) is 12.5. The fourth-order valence-corrected chi connectivity index (χ4v) is 8.92. The number of quaternary nitrogens is 1. The van der Waals surface area contributed by atoms with Crippen molar-refractivity contribution in [1.29, 1.82) is 0 Å². The van der Waals surface area contributed by atoms with Gasteiger partial charge in [0, 0.05) is 13.0 Å². The number of esters is 1. The molecule has 2 atom stereocenters. The van der Waals surface area contributed by atoms with Crippen molar-refractivity contribution in [2.45, 2.75) is 277 Å². The predicted molar refractivity (Wildman–Crippen MR) is 280 cm³/mol. The van der Waals surface area contributed by atoms with Crippen LogP contribution in [0, 0.1) is 0 Å². The van der Waals surface area contributed by atoms with Gasteiger partial charge in [0.15, 0.2) is 0 Å². The number of likely N-dealkylation sites (N-methyl/N-ethyl adjacent to an activating group) is 1. The number of unbranched alkanes of at least 4 members (excludes halogenated alkanes) is 35. The van der Waals surface area contributed by atoms with E-state index < -0.39 is 13.9 Å². The van der Waals surface area contributed by atoms with Crippen LogP contribution in [0.15, 0.2) is 24.3 Å². The Morgan fingerprint density at radius 3 is 1.26 bits per heavy atom.